The van der Waals surface area contributed by atoms with Gasteiger partial charge in [0.2, 0.25) is 0 Å². The van der Waals surface area contributed by atoms with E-state index in [0.717, 1.165) is 0 Å². The van der Waals surface area contributed by atoms with Gasteiger partial charge in [0.15, 0.2) is 0 Å². The van der Waals surface area contributed by atoms with Crippen molar-refractivity contribution >= 4 is 11.9 Å². The smallest absolute Gasteiger partial charge is 0.338 e. The number of esters is 2. The summed E-state index contributed by atoms with van der Waals surface area (Å²) in [7, 11) is 1.36. The number of methoxy groups -OCH3 is 1. The minimum atomic E-state index is -0.359. The molecule has 3 atom stereocenters. The lowest BCUT2D eigenvalue weighted by atomic mass is 10.1. The van der Waals surface area contributed by atoms with Crippen LogP contribution in [0.25, 0.3) is 0 Å². The summed E-state index contributed by atoms with van der Waals surface area (Å²) in [6.45, 7) is 3.71. The van der Waals surface area contributed by atoms with Gasteiger partial charge in [-0.1, -0.05) is 24.3 Å². The molecule has 0 saturated carbocycles. The highest BCUT2D eigenvalue weighted by Gasteiger charge is 2.37. The van der Waals surface area contributed by atoms with Crippen molar-refractivity contribution in [1.29, 1.82) is 0 Å². The second-order valence-electron chi connectivity index (χ2n) is 5.48. The molecule has 1 aromatic carbocycles. The summed E-state index contributed by atoms with van der Waals surface area (Å²) in [6, 6.07) is 8.87. The average Bonchev–Trinajstić information content (AvgIpc) is 2.95. The van der Waals surface area contributed by atoms with E-state index in [2.05, 4.69) is 11.3 Å². The number of hydrogen-bond acceptors (Lipinski definition) is 5. The molecule has 0 unspecified atom stereocenters. The monoisotopic (exact) mass is 318 g/mol. The molecule has 1 fully saturated rings. The van der Waals surface area contributed by atoms with E-state index >= 15 is 0 Å². The summed E-state index contributed by atoms with van der Waals surface area (Å²) < 4.78 is 16.1. The van der Waals surface area contributed by atoms with E-state index in [0.29, 0.717) is 31.2 Å². The molecule has 0 bridgehead atoms. The Kier molecular flexibility index (Phi) is 6.35. The van der Waals surface area contributed by atoms with Crippen LogP contribution in [-0.4, -0.2) is 37.4 Å². The lowest BCUT2D eigenvalue weighted by molar-refractivity contribution is -0.141. The van der Waals surface area contributed by atoms with Crippen molar-refractivity contribution in [1.82, 2.24) is 0 Å². The first-order valence-electron chi connectivity index (χ1n) is 7.73. The molecule has 1 aromatic rings. The number of ether oxygens (including phenoxy) is 3. The first kappa shape index (κ1) is 17.2. The Morgan fingerprint density at radius 1 is 1.35 bits per heavy atom. The number of benzene rings is 1. The van der Waals surface area contributed by atoms with E-state index in [-0.39, 0.29) is 30.3 Å². The highest BCUT2D eigenvalue weighted by molar-refractivity contribution is 5.89. The summed E-state index contributed by atoms with van der Waals surface area (Å²) in [5, 5.41) is 0. The minimum Gasteiger partial charge on any atom is -0.469 e. The maximum absolute atomic E-state index is 12.2. The summed E-state index contributed by atoms with van der Waals surface area (Å²) in [5.41, 5.74) is 0.517. The Morgan fingerprint density at radius 2 is 2.09 bits per heavy atom. The van der Waals surface area contributed by atoms with Crippen LogP contribution in [0.5, 0.6) is 0 Å². The van der Waals surface area contributed by atoms with Gasteiger partial charge in [-0.2, -0.15) is 0 Å². The van der Waals surface area contributed by atoms with Crippen LogP contribution >= 0.6 is 0 Å². The van der Waals surface area contributed by atoms with Gasteiger partial charge in [0, 0.05) is 12.8 Å². The van der Waals surface area contributed by atoms with Crippen LogP contribution in [-0.2, 0) is 19.0 Å². The second-order valence-corrected chi connectivity index (χ2v) is 5.48. The van der Waals surface area contributed by atoms with Crippen LogP contribution in [0, 0.1) is 0 Å². The maximum Gasteiger partial charge on any atom is 0.338 e. The topological polar surface area (TPSA) is 61.8 Å². The van der Waals surface area contributed by atoms with E-state index in [1.165, 1.54) is 7.11 Å². The van der Waals surface area contributed by atoms with Crippen molar-refractivity contribution in [3.05, 3.63) is 48.6 Å². The van der Waals surface area contributed by atoms with Gasteiger partial charge in [-0.15, -0.1) is 6.58 Å². The standard InChI is InChI=1S/C18H22O5/c1-3-7-15-16(12-14(22-15)10-11-17(19)21-2)23-18(20)13-8-5-4-6-9-13/h3-6,8-9,14-16H,1,7,10-12H2,2H3/t14-,15-,16+/m0/s1. The Balaban J connectivity index is 1.94. The normalized spacial score (nSPS) is 23.3. The number of rotatable bonds is 7. The van der Waals surface area contributed by atoms with E-state index in [4.69, 9.17) is 9.47 Å². The zero-order chi connectivity index (χ0) is 16.7. The van der Waals surface area contributed by atoms with E-state index < -0.39 is 0 Å². The van der Waals surface area contributed by atoms with Gasteiger partial charge < -0.3 is 14.2 Å². The van der Waals surface area contributed by atoms with E-state index in [9.17, 15) is 9.59 Å². The molecule has 124 valence electrons. The van der Waals surface area contributed by atoms with Crippen LogP contribution in [0.2, 0.25) is 0 Å². The van der Waals surface area contributed by atoms with Gasteiger partial charge in [-0.3, -0.25) is 4.79 Å². The fourth-order valence-electron chi connectivity index (χ4n) is 2.64. The first-order chi connectivity index (χ1) is 11.1. The van der Waals surface area contributed by atoms with E-state index in [1.54, 1.807) is 30.3 Å². The molecule has 5 heteroatoms. The van der Waals surface area contributed by atoms with Gasteiger partial charge in [0.25, 0.3) is 0 Å². The van der Waals surface area contributed by atoms with Crippen molar-refractivity contribution in [2.45, 2.75) is 44.0 Å². The quantitative estimate of drug-likeness (QED) is 0.571. The average molecular weight is 318 g/mol. The summed E-state index contributed by atoms with van der Waals surface area (Å²) in [4.78, 5) is 23.4. The molecule has 2 rings (SSSR count). The first-order valence-corrected chi connectivity index (χ1v) is 7.73. The molecule has 0 aliphatic carbocycles. The fourth-order valence-corrected chi connectivity index (χ4v) is 2.64. The molecule has 0 aromatic heterocycles. The zero-order valence-corrected chi connectivity index (χ0v) is 13.3. The predicted molar refractivity (Wildman–Crippen MR) is 85.0 cm³/mol. The van der Waals surface area contributed by atoms with Gasteiger partial charge in [-0.25, -0.2) is 4.79 Å². The summed E-state index contributed by atoms with van der Waals surface area (Å²) in [6.07, 6.45) is 3.10. The molecule has 5 nitrogen and oxygen atoms in total. The molecule has 1 aliphatic rings. The SMILES string of the molecule is C=CC[C@@H]1O[C@@H](CCC(=O)OC)C[C@H]1OC(=O)c1ccccc1. The summed E-state index contributed by atoms with van der Waals surface area (Å²) >= 11 is 0. The Hall–Kier alpha value is -2.14. The van der Waals surface area contributed by atoms with Gasteiger partial charge in [-0.05, 0) is 25.0 Å². The molecule has 1 heterocycles. The highest BCUT2D eigenvalue weighted by Crippen LogP contribution is 2.29. The Bertz CT molecular complexity index is 540. The molecular formula is C18H22O5. The molecule has 0 amide bonds. The molecule has 0 N–H and O–H groups in total. The third kappa shape index (κ3) is 4.93. The van der Waals surface area contributed by atoms with Crippen molar-refractivity contribution in [3.63, 3.8) is 0 Å². The largest absolute Gasteiger partial charge is 0.469 e. The maximum atomic E-state index is 12.2. The van der Waals surface area contributed by atoms with Crippen LogP contribution in [0.3, 0.4) is 0 Å². The lowest BCUT2D eigenvalue weighted by Gasteiger charge is -2.17. The van der Waals surface area contributed by atoms with Crippen LogP contribution in [0.15, 0.2) is 43.0 Å². The Labute approximate surface area is 136 Å². The molecule has 23 heavy (non-hydrogen) atoms. The minimum absolute atomic E-state index is 0.118. The fraction of sp³-hybridized carbons (Fsp3) is 0.444. The van der Waals surface area contributed by atoms with Crippen LogP contribution in [0.1, 0.15) is 36.0 Å². The lowest BCUT2D eigenvalue weighted by Crippen LogP contribution is -2.26. The van der Waals surface area contributed by atoms with Crippen molar-refractivity contribution in [3.8, 4) is 0 Å². The molecular weight excluding hydrogens is 296 g/mol. The van der Waals surface area contributed by atoms with Gasteiger partial charge >= 0.3 is 11.9 Å². The predicted octanol–water partition coefficient (Wildman–Crippen LogP) is 2.90. The number of hydrogen-bond donors (Lipinski definition) is 0. The van der Waals surface area contributed by atoms with Crippen molar-refractivity contribution in [2.24, 2.45) is 0 Å². The van der Waals surface area contributed by atoms with E-state index in [1.807, 2.05) is 6.07 Å². The van der Waals surface area contributed by atoms with Crippen LogP contribution in [0.4, 0.5) is 0 Å². The number of carbonyl (C=O) groups is 2. The van der Waals surface area contributed by atoms with Gasteiger partial charge in [0.1, 0.15) is 6.10 Å². The van der Waals surface area contributed by atoms with Crippen LogP contribution < -0.4 is 0 Å². The molecule has 0 spiro atoms. The second kappa shape index (κ2) is 8.48. The van der Waals surface area contributed by atoms with Gasteiger partial charge in [0.05, 0.1) is 24.9 Å². The molecule has 1 saturated heterocycles. The molecule has 0 radical (unpaired) electrons. The number of carbonyl (C=O) groups excluding carboxylic acids is 2. The van der Waals surface area contributed by atoms with Crippen molar-refractivity contribution < 1.29 is 23.8 Å². The third-order valence-electron chi connectivity index (χ3n) is 3.84. The zero-order valence-electron chi connectivity index (χ0n) is 13.3. The summed E-state index contributed by atoms with van der Waals surface area (Å²) in [5.74, 6) is -0.625. The Morgan fingerprint density at radius 3 is 2.74 bits per heavy atom. The highest BCUT2D eigenvalue weighted by atomic mass is 16.6. The van der Waals surface area contributed by atoms with Crippen molar-refractivity contribution in [2.75, 3.05) is 7.11 Å². The molecule has 1 aliphatic heterocycles. The third-order valence-corrected chi connectivity index (χ3v) is 3.84.